The Hall–Kier alpha value is -1.63. The molecule has 0 bridgehead atoms. The van der Waals surface area contributed by atoms with Gasteiger partial charge in [-0.05, 0) is 32.1 Å². The Morgan fingerprint density at radius 2 is 2.10 bits per heavy atom. The van der Waals surface area contributed by atoms with Crippen LogP contribution >= 0.6 is 0 Å². The topological polar surface area (TPSA) is 100 Å². The van der Waals surface area contributed by atoms with Gasteiger partial charge in [0.25, 0.3) is 0 Å². The largest absolute Gasteiger partial charge is 0.396 e. The minimum atomic E-state index is -0.314. The summed E-state index contributed by atoms with van der Waals surface area (Å²) in [6, 6.07) is -0.695. The van der Waals surface area contributed by atoms with Crippen molar-refractivity contribution in [3.05, 3.63) is 11.7 Å². The zero-order valence-corrected chi connectivity index (χ0v) is 12.8. The number of carbonyl (C=O) groups is 1. The first kappa shape index (κ1) is 15.8. The fourth-order valence-corrected chi connectivity index (χ4v) is 2.07. The molecule has 1 saturated carbocycles. The third-order valence-electron chi connectivity index (χ3n) is 3.56. The van der Waals surface area contributed by atoms with Crippen molar-refractivity contribution in [3.8, 4) is 0 Å². The molecule has 7 nitrogen and oxygen atoms in total. The van der Waals surface area contributed by atoms with E-state index in [0.29, 0.717) is 18.2 Å². The minimum absolute atomic E-state index is 0.0451. The smallest absolute Gasteiger partial charge is 0.315 e. The first-order chi connectivity index (χ1) is 10.0. The van der Waals surface area contributed by atoms with Gasteiger partial charge in [-0.3, -0.25) is 0 Å². The summed E-state index contributed by atoms with van der Waals surface area (Å²) < 4.78 is 5.30. The Bertz CT molecular complexity index is 471. The minimum Gasteiger partial charge on any atom is -0.396 e. The molecule has 1 unspecified atom stereocenters. The molecule has 0 aliphatic heterocycles. The molecule has 1 aliphatic carbocycles. The van der Waals surface area contributed by atoms with Crippen molar-refractivity contribution in [1.82, 2.24) is 20.8 Å². The van der Waals surface area contributed by atoms with Crippen molar-refractivity contribution in [2.45, 2.75) is 58.0 Å². The maximum absolute atomic E-state index is 12.0. The SMILES string of the molecule is CC(C)C(NC(=O)N[C@H](C)CCO)c1nc(C2CC2)no1. The van der Waals surface area contributed by atoms with E-state index in [0.717, 1.165) is 18.7 Å². The fraction of sp³-hybridized carbons (Fsp3) is 0.786. The highest BCUT2D eigenvalue weighted by molar-refractivity contribution is 5.74. The molecule has 0 radical (unpaired) electrons. The molecular weight excluding hydrogens is 272 g/mol. The first-order valence-electron chi connectivity index (χ1n) is 7.52. The number of aliphatic hydroxyl groups excluding tert-OH is 1. The molecule has 1 aromatic heterocycles. The molecule has 1 aromatic rings. The Kier molecular flexibility index (Phi) is 5.17. The Labute approximate surface area is 124 Å². The second-order valence-electron chi connectivity index (χ2n) is 6.02. The van der Waals surface area contributed by atoms with E-state index in [1.807, 2.05) is 20.8 Å². The Balaban J connectivity index is 1.96. The summed E-state index contributed by atoms with van der Waals surface area (Å²) in [5, 5.41) is 18.5. The van der Waals surface area contributed by atoms with Crippen LogP contribution in [0.3, 0.4) is 0 Å². The monoisotopic (exact) mass is 296 g/mol. The van der Waals surface area contributed by atoms with Crippen molar-refractivity contribution in [1.29, 1.82) is 0 Å². The predicted octanol–water partition coefficient (Wildman–Crippen LogP) is 1.71. The molecule has 0 spiro atoms. The van der Waals surface area contributed by atoms with Crippen LogP contribution in [-0.4, -0.2) is 33.9 Å². The molecule has 21 heavy (non-hydrogen) atoms. The number of nitrogens with zero attached hydrogens (tertiary/aromatic N) is 2. The third-order valence-corrected chi connectivity index (χ3v) is 3.56. The number of hydrogen-bond acceptors (Lipinski definition) is 5. The normalized spacial score (nSPS) is 17.6. The van der Waals surface area contributed by atoms with Crippen LogP contribution < -0.4 is 10.6 Å². The molecule has 2 atom stereocenters. The van der Waals surface area contributed by atoms with Crippen LogP contribution in [0.1, 0.15) is 63.7 Å². The van der Waals surface area contributed by atoms with E-state index in [-0.39, 0.29) is 30.6 Å². The van der Waals surface area contributed by atoms with Gasteiger partial charge >= 0.3 is 6.03 Å². The van der Waals surface area contributed by atoms with Crippen LogP contribution in [0.15, 0.2) is 4.52 Å². The number of carbonyl (C=O) groups excluding carboxylic acids is 1. The van der Waals surface area contributed by atoms with Crippen molar-refractivity contribution >= 4 is 6.03 Å². The van der Waals surface area contributed by atoms with Crippen LogP contribution in [0.5, 0.6) is 0 Å². The second-order valence-corrected chi connectivity index (χ2v) is 6.02. The van der Waals surface area contributed by atoms with E-state index in [1.54, 1.807) is 0 Å². The van der Waals surface area contributed by atoms with Crippen LogP contribution in [0.4, 0.5) is 4.79 Å². The molecule has 7 heteroatoms. The van der Waals surface area contributed by atoms with Gasteiger partial charge in [-0.2, -0.15) is 4.98 Å². The zero-order valence-electron chi connectivity index (χ0n) is 12.8. The second kappa shape index (κ2) is 6.89. The molecule has 0 aromatic carbocycles. The first-order valence-corrected chi connectivity index (χ1v) is 7.52. The summed E-state index contributed by atoms with van der Waals surface area (Å²) in [6.07, 6.45) is 2.74. The van der Waals surface area contributed by atoms with Gasteiger partial charge < -0.3 is 20.3 Å². The zero-order chi connectivity index (χ0) is 15.4. The van der Waals surface area contributed by atoms with Crippen molar-refractivity contribution in [2.75, 3.05) is 6.61 Å². The average Bonchev–Trinajstić information content (AvgIpc) is 3.14. The molecule has 1 fully saturated rings. The fourth-order valence-electron chi connectivity index (χ4n) is 2.07. The van der Waals surface area contributed by atoms with Gasteiger partial charge in [-0.1, -0.05) is 19.0 Å². The van der Waals surface area contributed by atoms with Gasteiger partial charge in [0.05, 0.1) is 0 Å². The number of rotatable bonds is 7. The van der Waals surface area contributed by atoms with Crippen LogP contribution in [-0.2, 0) is 0 Å². The molecule has 1 heterocycles. The number of urea groups is 1. The lowest BCUT2D eigenvalue weighted by molar-refractivity contribution is 0.217. The summed E-state index contributed by atoms with van der Waals surface area (Å²) in [6.45, 7) is 5.87. The van der Waals surface area contributed by atoms with E-state index in [1.165, 1.54) is 0 Å². The molecule has 0 saturated heterocycles. The van der Waals surface area contributed by atoms with E-state index < -0.39 is 0 Å². The van der Waals surface area contributed by atoms with Gasteiger partial charge in [0.2, 0.25) is 5.89 Å². The average molecular weight is 296 g/mol. The van der Waals surface area contributed by atoms with E-state index in [4.69, 9.17) is 9.63 Å². The number of aromatic nitrogens is 2. The van der Waals surface area contributed by atoms with E-state index in [9.17, 15) is 4.79 Å². The lowest BCUT2D eigenvalue weighted by Gasteiger charge is -2.20. The summed E-state index contributed by atoms with van der Waals surface area (Å²) in [5.41, 5.74) is 0. The number of hydrogen-bond donors (Lipinski definition) is 3. The van der Waals surface area contributed by atoms with E-state index in [2.05, 4.69) is 20.8 Å². The highest BCUT2D eigenvalue weighted by Crippen LogP contribution is 2.38. The lowest BCUT2D eigenvalue weighted by Crippen LogP contribution is -2.43. The van der Waals surface area contributed by atoms with Crippen LogP contribution in [0.25, 0.3) is 0 Å². The molecule has 118 valence electrons. The van der Waals surface area contributed by atoms with Crippen molar-refractivity contribution in [3.63, 3.8) is 0 Å². The lowest BCUT2D eigenvalue weighted by atomic mass is 10.0. The van der Waals surface area contributed by atoms with Crippen LogP contribution in [0, 0.1) is 5.92 Å². The van der Waals surface area contributed by atoms with Crippen LogP contribution in [0.2, 0.25) is 0 Å². The standard InChI is InChI=1S/C14H24N4O3/c1-8(2)11(16-14(20)15-9(3)6-7-19)13-17-12(18-21-13)10-4-5-10/h8-11,19H,4-7H2,1-3H3,(H2,15,16,20)/t9-,11?/m1/s1. The maximum Gasteiger partial charge on any atom is 0.315 e. The number of aliphatic hydroxyl groups is 1. The molecule has 1 aliphatic rings. The molecule has 2 amide bonds. The number of amides is 2. The van der Waals surface area contributed by atoms with Crippen molar-refractivity contribution < 1.29 is 14.4 Å². The maximum atomic E-state index is 12.0. The number of nitrogens with one attached hydrogen (secondary N) is 2. The Morgan fingerprint density at radius 3 is 2.67 bits per heavy atom. The summed E-state index contributed by atoms with van der Waals surface area (Å²) >= 11 is 0. The van der Waals surface area contributed by atoms with Gasteiger partial charge in [0.15, 0.2) is 5.82 Å². The quantitative estimate of drug-likeness (QED) is 0.711. The highest BCUT2D eigenvalue weighted by atomic mass is 16.5. The van der Waals surface area contributed by atoms with E-state index >= 15 is 0 Å². The van der Waals surface area contributed by atoms with Gasteiger partial charge in [-0.15, -0.1) is 0 Å². The predicted molar refractivity (Wildman–Crippen MR) is 76.7 cm³/mol. The van der Waals surface area contributed by atoms with Gasteiger partial charge in [0.1, 0.15) is 6.04 Å². The highest BCUT2D eigenvalue weighted by Gasteiger charge is 2.31. The molecular formula is C14H24N4O3. The Morgan fingerprint density at radius 1 is 1.38 bits per heavy atom. The third kappa shape index (κ3) is 4.42. The summed E-state index contributed by atoms with van der Waals surface area (Å²) in [7, 11) is 0. The summed E-state index contributed by atoms with van der Waals surface area (Å²) in [4.78, 5) is 16.4. The van der Waals surface area contributed by atoms with Gasteiger partial charge in [0, 0.05) is 18.6 Å². The van der Waals surface area contributed by atoms with Gasteiger partial charge in [-0.25, -0.2) is 4.79 Å². The van der Waals surface area contributed by atoms with Crippen molar-refractivity contribution in [2.24, 2.45) is 5.92 Å². The molecule has 2 rings (SSSR count). The molecule has 3 N–H and O–H groups in total. The summed E-state index contributed by atoms with van der Waals surface area (Å²) in [5.74, 6) is 1.76.